The van der Waals surface area contributed by atoms with Crippen LogP contribution in [0.2, 0.25) is 0 Å². The fourth-order valence-electron chi connectivity index (χ4n) is 2.23. The fraction of sp³-hybridized carbons (Fsp3) is 0.357. The normalized spacial score (nSPS) is 15.9. The molecule has 0 spiro atoms. The zero-order valence-electron chi connectivity index (χ0n) is 10.4. The molecule has 0 amide bonds. The molecule has 1 fully saturated rings. The molecule has 18 heavy (non-hydrogen) atoms. The Labute approximate surface area is 106 Å². The van der Waals surface area contributed by atoms with Crippen LogP contribution in [0, 0.1) is 0 Å². The van der Waals surface area contributed by atoms with Crippen molar-refractivity contribution < 1.29 is 9.47 Å². The summed E-state index contributed by atoms with van der Waals surface area (Å²) in [5.74, 6) is 0.654. The van der Waals surface area contributed by atoms with Gasteiger partial charge in [-0.1, -0.05) is 0 Å². The summed E-state index contributed by atoms with van der Waals surface area (Å²) in [6, 6.07) is 10.3. The Hall–Kier alpha value is -1.81. The van der Waals surface area contributed by atoms with Crippen molar-refractivity contribution in [2.45, 2.75) is 0 Å². The first-order valence-corrected chi connectivity index (χ1v) is 6.14. The summed E-state index contributed by atoms with van der Waals surface area (Å²) in [5, 5.41) is 1.14. The van der Waals surface area contributed by atoms with Gasteiger partial charge < -0.3 is 14.4 Å². The lowest BCUT2D eigenvalue weighted by Gasteiger charge is -2.29. The molecule has 1 aromatic heterocycles. The van der Waals surface area contributed by atoms with Gasteiger partial charge in [0.15, 0.2) is 0 Å². The number of fused-ring (bicyclic) bond motifs is 1. The molecule has 1 aliphatic heterocycles. The number of methoxy groups -OCH3 is 1. The molecule has 0 saturated carbocycles. The van der Waals surface area contributed by atoms with E-state index in [1.54, 1.807) is 7.11 Å². The maximum absolute atomic E-state index is 5.37. The number of aromatic nitrogens is 1. The standard InChI is InChI=1S/C14H16N2O2/c1-17-14-5-2-11-10-12(3-4-13(11)15-14)16-6-8-18-9-7-16/h2-5,10H,6-9H2,1H3. The van der Waals surface area contributed by atoms with E-state index in [0.29, 0.717) is 5.88 Å². The van der Waals surface area contributed by atoms with Crippen LogP contribution in [0.3, 0.4) is 0 Å². The SMILES string of the molecule is COc1ccc2cc(N3CCOCC3)ccc2n1. The number of ether oxygens (including phenoxy) is 2. The molecule has 4 heteroatoms. The van der Waals surface area contributed by atoms with Crippen molar-refractivity contribution in [1.82, 2.24) is 4.98 Å². The molecular weight excluding hydrogens is 228 g/mol. The molecule has 0 bridgehead atoms. The summed E-state index contributed by atoms with van der Waals surface area (Å²) in [5.41, 5.74) is 2.20. The number of pyridine rings is 1. The Morgan fingerprint density at radius 1 is 1.17 bits per heavy atom. The van der Waals surface area contributed by atoms with Gasteiger partial charge in [0.05, 0.1) is 25.8 Å². The maximum Gasteiger partial charge on any atom is 0.213 e. The minimum Gasteiger partial charge on any atom is -0.481 e. The van der Waals surface area contributed by atoms with Crippen molar-refractivity contribution in [2.24, 2.45) is 0 Å². The van der Waals surface area contributed by atoms with Gasteiger partial charge in [-0.2, -0.15) is 0 Å². The number of morpholine rings is 1. The van der Waals surface area contributed by atoms with Crippen LogP contribution in [0.1, 0.15) is 0 Å². The third-order valence-corrected chi connectivity index (χ3v) is 3.23. The van der Waals surface area contributed by atoms with Gasteiger partial charge in [-0.25, -0.2) is 4.98 Å². The summed E-state index contributed by atoms with van der Waals surface area (Å²) >= 11 is 0. The van der Waals surface area contributed by atoms with E-state index in [4.69, 9.17) is 9.47 Å². The van der Waals surface area contributed by atoms with Gasteiger partial charge in [-0.3, -0.25) is 0 Å². The molecule has 2 aromatic rings. The lowest BCUT2D eigenvalue weighted by molar-refractivity contribution is 0.122. The first kappa shape index (κ1) is 11.3. The molecule has 94 valence electrons. The third kappa shape index (κ3) is 2.11. The molecule has 4 nitrogen and oxygen atoms in total. The first-order chi connectivity index (χ1) is 8.86. The molecule has 0 atom stereocenters. The summed E-state index contributed by atoms with van der Waals surface area (Å²) in [7, 11) is 1.64. The van der Waals surface area contributed by atoms with E-state index >= 15 is 0 Å². The number of benzene rings is 1. The Morgan fingerprint density at radius 3 is 2.78 bits per heavy atom. The van der Waals surface area contributed by atoms with Crippen molar-refractivity contribution in [2.75, 3.05) is 38.3 Å². The highest BCUT2D eigenvalue weighted by molar-refractivity contribution is 5.83. The molecule has 0 radical (unpaired) electrons. The van der Waals surface area contributed by atoms with Crippen molar-refractivity contribution in [1.29, 1.82) is 0 Å². The second kappa shape index (κ2) is 4.82. The van der Waals surface area contributed by atoms with Crippen LogP contribution < -0.4 is 9.64 Å². The highest BCUT2D eigenvalue weighted by Gasteiger charge is 2.11. The van der Waals surface area contributed by atoms with Crippen molar-refractivity contribution in [3.05, 3.63) is 30.3 Å². The highest BCUT2D eigenvalue weighted by atomic mass is 16.5. The van der Waals surface area contributed by atoms with Gasteiger partial charge >= 0.3 is 0 Å². The Balaban J connectivity index is 1.95. The van der Waals surface area contributed by atoms with Crippen LogP contribution >= 0.6 is 0 Å². The number of hydrogen-bond donors (Lipinski definition) is 0. The predicted octanol–water partition coefficient (Wildman–Crippen LogP) is 2.08. The Kier molecular flexibility index (Phi) is 3.02. The minimum absolute atomic E-state index is 0.654. The monoisotopic (exact) mass is 244 g/mol. The van der Waals surface area contributed by atoms with Crippen LogP contribution in [-0.4, -0.2) is 38.4 Å². The lowest BCUT2D eigenvalue weighted by Crippen LogP contribution is -2.36. The Morgan fingerprint density at radius 2 is 2.00 bits per heavy atom. The van der Waals surface area contributed by atoms with Gasteiger partial charge in [0.25, 0.3) is 0 Å². The zero-order chi connectivity index (χ0) is 12.4. The van der Waals surface area contributed by atoms with Crippen LogP contribution in [0.15, 0.2) is 30.3 Å². The van der Waals surface area contributed by atoms with Gasteiger partial charge in [0, 0.05) is 30.2 Å². The first-order valence-electron chi connectivity index (χ1n) is 6.14. The lowest BCUT2D eigenvalue weighted by atomic mass is 10.2. The van der Waals surface area contributed by atoms with E-state index in [2.05, 4.69) is 22.0 Å². The zero-order valence-corrected chi connectivity index (χ0v) is 10.4. The summed E-state index contributed by atoms with van der Waals surface area (Å²) < 4.78 is 10.5. The largest absolute Gasteiger partial charge is 0.481 e. The summed E-state index contributed by atoms with van der Waals surface area (Å²) in [6.45, 7) is 3.52. The van der Waals surface area contributed by atoms with Gasteiger partial charge in [0.2, 0.25) is 5.88 Å². The number of anilines is 1. The molecule has 3 rings (SSSR count). The van der Waals surface area contributed by atoms with Crippen LogP contribution in [0.25, 0.3) is 10.9 Å². The average Bonchev–Trinajstić information content (AvgIpc) is 2.47. The maximum atomic E-state index is 5.37. The smallest absolute Gasteiger partial charge is 0.213 e. The Bertz CT molecular complexity index is 550. The average molecular weight is 244 g/mol. The molecule has 1 aliphatic rings. The minimum atomic E-state index is 0.654. The molecule has 0 aliphatic carbocycles. The second-order valence-electron chi connectivity index (χ2n) is 4.33. The van der Waals surface area contributed by atoms with E-state index in [1.165, 1.54) is 5.69 Å². The molecule has 2 heterocycles. The number of rotatable bonds is 2. The third-order valence-electron chi connectivity index (χ3n) is 3.23. The van der Waals surface area contributed by atoms with Gasteiger partial charge in [-0.15, -0.1) is 0 Å². The predicted molar refractivity (Wildman–Crippen MR) is 71.3 cm³/mol. The van der Waals surface area contributed by atoms with Crippen molar-refractivity contribution in [3.63, 3.8) is 0 Å². The molecule has 0 unspecified atom stereocenters. The molecule has 1 saturated heterocycles. The van der Waals surface area contributed by atoms with E-state index in [-0.39, 0.29) is 0 Å². The molecule has 1 aromatic carbocycles. The quantitative estimate of drug-likeness (QED) is 0.810. The van der Waals surface area contributed by atoms with Crippen molar-refractivity contribution >= 4 is 16.6 Å². The van der Waals surface area contributed by atoms with Gasteiger partial charge in [0.1, 0.15) is 0 Å². The summed E-state index contributed by atoms with van der Waals surface area (Å²) in [4.78, 5) is 6.75. The van der Waals surface area contributed by atoms with Crippen molar-refractivity contribution in [3.8, 4) is 5.88 Å². The van der Waals surface area contributed by atoms with E-state index in [1.807, 2.05) is 18.2 Å². The van der Waals surface area contributed by atoms with E-state index in [0.717, 1.165) is 37.2 Å². The van der Waals surface area contributed by atoms with E-state index in [9.17, 15) is 0 Å². The number of nitrogens with zero attached hydrogens (tertiary/aromatic N) is 2. The topological polar surface area (TPSA) is 34.6 Å². The number of hydrogen-bond acceptors (Lipinski definition) is 4. The molecular formula is C14H16N2O2. The van der Waals surface area contributed by atoms with Crippen LogP contribution in [-0.2, 0) is 4.74 Å². The van der Waals surface area contributed by atoms with Gasteiger partial charge in [-0.05, 0) is 24.3 Å². The van der Waals surface area contributed by atoms with Crippen LogP contribution in [0.4, 0.5) is 5.69 Å². The highest BCUT2D eigenvalue weighted by Crippen LogP contribution is 2.23. The molecule has 0 N–H and O–H groups in total. The fourth-order valence-corrected chi connectivity index (χ4v) is 2.23. The second-order valence-corrected chi connectivity index (χ2v) is 4.33. The van der Waals surface area contributed by atoms with Crippen LogP contribution in [0.5, 0.6) is 5.88 Å². The van der Waals surface area contributed by atoms with E-state index < -0.39 is 0 Å². The summed E-state index contributed by atoms with van der Waals surface area (Å²) in [6.07, 6.45) is 0.